The van der Waals surface area contributed by atoms with Crippen molar-refractivity contribution in [3.05, 3.63) is 70.4 Å². The van der Waals surface area contributed by atoms with Gasteiger partial charge in [0.2, 0.25) is 5.91 Å². The van der Waals surface area contributed by atoms with Gasteiger partial charge in [-0.15, -0.1) is 11.3 Å². The fourth-order valence-electron chi connectivity index (χ4n) is 3.62. The topological polar surface area (TPSA) is 48.5 Å². The van der Waals surface area contributed by atoms with Crippen LogP contribution in [0.15, 0.2) is 53.9 Å². The summed E-state index contributed by atoms with van der Waals surface area (Å²) < 4.78 is 14.0. The number of nitrogens with zero attached hydrogens (tertiary/aromatic N) is 3. The summed E-state index contributed by atoms with van der Waals surface area (Å²) in [5.41, 5.74) is 2.36. The second-order valence-corrected chi connectivity index (χ2v) is 8.91. The molecule has 1 saturated heterocycles. The molecule has 0 aliphatic carbocycles. The molecule has 2 heterocycles. The van der Waals surface area contributed by atoms with Crippen molar-refractivity contribution in [1.29, 1.82) is 0 Å². The van der Waals surface area contributed by atoms with Crippen LogP contribution in [0.3, 0.4) is 0 Å². The number of nitrogens with one attached hydrogen (secondary N) is 1. The lowest BCUT2D eigenvalue weighted by Crippen LogP contribution is -2.52. The second kappa shape index (κ2) is 9.87. The van der Waals surface area contributed by atoms with Gasteiger partial charge in [0.25, 0.3) is 0 Å². The van der Waals surface area contributed by atoms with Gasteiger partial charge >= 0.3 is 0 Å². The van der Waals surface area contributed by atoms with Gasteiger partial charge in [-0.2, -0.15) is 0 Å². The minimum atomic E-state index is -0.531. The zero-order valence-electron chi connectivity index (χ0n) is 17.2. The van der Waals surface area contributed by atoms with Gasteiger partial charge in [0.15, 0.2) is 0 Å². The van der Waals surface area contributed by atoms with Crippen LogP contribution in [0.4, 0.5) is 10.1 Å². The second-order valence-electron chi connectivity index (χ2n) is 7.61. The van der Waals surface area contributed by atoms with E-state index in [9.17, 15) is 9.18 Å². The van der Waals surface area contributed by atoms with Crippen LogP contribution in [0.5, 0.6) is 0 Å². The average Bonchev–Trinajstić information content (AvgIpc) is 3.25. The van der Waals surface area contributed by atoms with E-state index < -0.39 is 5.82 Å². The average molecular weight is 459 g/mol. The Kier molecular flexibility index (Phi) is 6.97. The smallest absolute Gasteiger partial charge is 0.241 e. The number of benzene rings is 2. The zero-order chi connectivity index (χ0) is 21.8. The molecule has 0 spiro atoms. The number of amides is 1. The van der Waals surface area contributed by atoms with Crippen LogP contribution < -0.4 is 5.32 Å². The van der Waals surface area contributed by atoms with E-state index in [1.807, 2.05) is 25.1 Å². The third-order valence-electron chi connectivity index (χ3n) is 5.48. The van der Waals surface area contributed by atoms with Crippen molar-refractivity contribution in [2.45, 2.75) is 19.5 Å². The lowest BCUT2D eigenvalue weighted by atomic mass is 10.2. The highest BCUT2D eigenvalue weighted by molar-refractivity contribution is 7.13. The third kappa shape index (κ3) is 5.49. The van der Waals surface area contributed by atoms with E-state index >= 15 is 0 Å². The van der Waals surface area contributed by atoms with Gasteiger partial charge in [-0.3, -0.25) is 14.6 Å². The predicted octanol–water partition coefficient (Wildman–Crippen LogP) is 4.75. The Hall–Kier alpha value is -2.32. The molecule has 1 atom stereocenters. The first-order chi connectivity index (χ1) is 15.0. The molecule has 1 aliphatic rings. The lowest BCUT2D eigenvalue weighted by Gasteiger charge is -2.37. The summed E-state index contributed by atoms with van der Waals surface area (Å²) >= 11 is 7.44. The zero-order valence-corrected chi connectivity index (χ0v) is 18.8. The van der Waals surface area contributed by atoms with E-state index in [0.29, 0.717) is 5.02 Å². The molecule has 31 heavy (non-hydrogen) atoms. The number of aromatic nitrogens is 1. The molecule has 162 valence electrons. The molecule has 2 aromatic carbocycles. The lowest BCUT2D eigenvalue weighted by molar-refractivity contribution is -0.121. The fourth-order valence-corrected chi connectivity index (χ4v) is 4.60. The summed E-state index contributed by atoms with van der Waals surface area (Å²) in [5.74, 6) is -0.752. The van der Waals surface area contributed by atoms with Crippen LogP contribution in [-0.2, 0) is 11.3 Å². The SMILES string of the molecule is C[C@@H](C(=O)Nc1ccc(Cl)cc1F)N1CCN(Cc2csc(-c3ccccc3)n2)CC1. The van der Waals surface area contributed by atoms with Crippen molar-refractivity contribution in [3.63, 3.8) is 0 Å². The van der Waals surface area contributed by atoms with Crippen molar-refractivity contribution in [3.8, 4) is 10.6 Å². The molecular weight excluding hydrogens is 435 g/mol. The van der Waals surface area contributed by atoms with Gasteiger partial charge in [-0.05, 0) is 25.1 Å². The van der Waals surface area contributed by atoms with E-state index in [-0.39, 0.29) is 17.6 Å². The van der Waals surface area contributed by atoms with E-state index in [1.54, 1.807) is 17.4 Å². The molecule has 1 N–H and O–H groups in total. The quantitative estimate of drug-likeness (QED) is 0.579. The Morgan fingerprint density at radius 1 is 1.19 bits per heavy atom. The van der Waals surface area contributed by atoms with Crippen molar-refractivity contribution >= 4 is 34.5 Å². The number of piperazine rings is 1. The summed E-state index contributed by atoms with van der Waals surface area (Å²) in [4.78, 5) is 21.8. The van der Waals surface area contributed by atoms with Crippen LogP contribution in [0.2, 0.25) is 5.02 Å². The van der Waals surface area contributed by atoms with Crippen LogP contribution in [0.25, 0.3) is 10.6 Å². The molecule has 1 amide bonds. The first-order valence-electron chi connectivity index (χ1n) is 10.2. The fraction of sp³-hybridized carbons (Fsp3) is 0.304. The molecule has 1 aliphatic heterocycles. The van der Waals surface area contributed by atoms with E-state index in [2.05, 4.69) is 32.6 Å². The minimum Gasteiger partial charge on any atom is -0.322 e. The number of halogens is 2. The molecule has 5 nitrogen and oxygen atoms in total. The molecule has 0 radical (unpaired) electrons. The minimum absolute atomic E-state index is 0.151. The summed E-state index contributed by atoms with van der Waals surface area (Å²) in [5, 5.41) is 6.12. The van der Waals surface area contributed by atoms with Crippen LogP contribution in [-0.4, -0.2) is 52.9 Å². The number of rotatable bonds is 6. The molecule has 0 unspecified atom stereocenters. The predicted molar refractivity (Wildman–Crippen MR) is 124 cm³/mol. The van der Waals surface area contributed by atoms with Gasteiger partial charge in [0.05, 0.1) is 17.4 Å². The highest BCUT2D eigenvalue weighted by Crippen LogP contribution is 2.24. The summed E-state index contributed by atoms with van der Waals surface area (Å²) in [7, 11) is 0. The van der Waals surface area contributed by atoms with Crippen molar-refractivity contribution in [2.24, 2.45) is 0 Å². The first-order valence-corrected chi connectivity index (χ1v) is 11.5. The van der Waals surface area contributed by atoms with Gasteiger partial charge in [-0.25, -0.2) is 9.37 Å². The standard InChI is InChI=1S/C23H24ClFN4OS/c1-16(22(30)27-21-8-7-18(24)13-20(21)25)29-11-9-28(10-12-29)14-19-15-31-23(26-19)17-5-3-2-4-6-17/h2-8,13,15-16H,9-12,14H2,1H3,(H,27,30)/t16-/m0/s1. The molecule has 3 aromatic rings. The summed E-state index contributed by atoms with van der Waals surface area (Å²) in [6, 6.07) is 14.1. The van der Waals surface area contributed by atoms with E-state index in [0.717, 1.165) is 49.0 Å². The first kappa shape index (κ1) is 21.9. The van der Waals surface area contributed by atoms with Gasteiger partial charge < -0.3 is 5.32 Å². The van der Waals surface area contributed by atoms with Crippen LogP contribution in [0, 0.1) is 5.82 Å². The molecular formula is C23H24ClFN4OS. The normalized spacial score (nSPS) is 16.2. The monoisotopic (exact) mass is 458 g/mol. The number of carbonyl (C=O) groups excluding carboxylic acids is 1. The van der Waals surface area contributed by atoms with E-state index in [4.69, 9.17) is 16.6 Å². The van der Waals surface area contributed by atoms with Crippen molar-refractivity contribution < 1.29 is 9.18 Å². The Morgan fingerprint density at radius 2 is 1.94 bits per heavy atom. The summed E-state index contributed by atoms with van der Waals surface area (Å²) in [6.07, 6.45) is 0. The molecule has 1 aromatic heterocycles. The largest absolute Gasteiger partial charge is 0.322 e. The van der Waals surface area contributed by atoms with Crippen molar-refractivity contribution in [2.75, 3.05) is 31.5 Å². The maximum absolute atomic E-state index is 14.0. The number of anilines is 1. The maximum Gasteiger partial charge on any atom is 0.241 e. The highest BCUT2D eigenvalue weighted by atomic mass is 35.5. The Bertz CT molecular complexity index is 1040. The third-order valence-corrected chi connectivity index (χ3v) is 6.66. The van der Waals surface area contributed by atoms with Crippen LogP contribution in [0.1, 0.15) is 12.6 Å². The number of thiazole rings is 1. The number of carbonyl (C=O) groups is 1. The summed E-state index contributed by atoms with van der Waals surface area (Å²) in [6.45, 7) is 5.90. The molecule has 0 saturated carbocycles. The van der Waals surface area contributed by atoms with Gasteiger partial charge in [0.1, 0.15) is 10.8 Å². The number of hydrogen-bond donors (Lipinski definition) is 1. The Morgan fingerprint density at radius 3 is 2.65 bits per heavy atom. The number of hydrogen-bond acceptors (Lipinski definition) is 5. The molecule has 1 fully saturated rings. The maximum atomic E-state index is 14.0. The molecule has 4 rings (SSSR count). The van der Waals surface area contributed by atoms with Crippen molar-refractivity contribution in [1.82, 2.24) is 14.8 Å². The van der Waals surface area contributed by atoms with Gasteiger partial charge in [0, 0.05) is 48.7 Å². The van der Waals surface area contributed by atoms with Gasteiger partial charge in [-0.1, -0.05) is 41.9 Å². The highest BCUT2D eigenvalue weighted by Gasteiger charge is 2.26. The molecule has 0 bridgehead atoms. The molecule has 8 heteroatoms. The van der Waals surface area contributed by atoms with Crippen LogP contribution >= 0.6 is 22.9 Å². The Labute approximate surface area is 190 Å². The van der Waals surface area contributed by atoms with E-state index in [1.165, 1.54) is 12.1 Å². The Balaban J connectivity index is 1.28.